The highest BCUT2D eigenvalue weighted by molar-refractivity contribution is 7.98. The quantitative estimate of drug-likeness (QED) is 0.739. The second-order valence-electron chi connectivity index (χ2n) is 5.20. The summed E-state index contributed by atoms with van der Waals surface area (Å²) in [6, 6.07) is 7.60. The number of thioether (sulfide) groups is 1. The molecule has 0 unspecified atom stereocenters. The first-order chi connectivity index (χ1) is 11.6. The van der Waals surface area contributed by atoms with Gasteiger partial charge in [0.25, 0.3) is 5.91 Å². The Morgan fingerprint density at radius 2 is 1.79 bits per heavy atom. The maximum atomic E-state index is 12.4. The number of imidazole rings is 1. The van der Waals surface area contributed by atoms with Gasteiger partial charge >= 0.3 is 0 Å². The van der Waals surface area contributed by atoms with Gasteiger partial charge < -0.3 is 9.88 Å². The van der Waals surface area contributed by atoms with E-state index in [1.807, 2.05) is 48.9 Å². The van der Waals surface area contributed by atoms with E-state index in [1.165, 1.54) is 18.0 Å². The molecule has 1 aromatic carbocycles. The molecule has 6 nitrogen and oxygen atoms in total. The third kappa shape index (κ3) is 3.16. The van der Waals surface area contributed by atoms with Gasteiger partial charge in [-0.15, -0.1) is 11.8 Å². The highest BCUT2D eigenvalue weighted by Crippen LogP contribution is 2.19. The molecule has 1 amide bonds. The minimum atomic E-state index is -0.269. The summed E-state index contributed by atoms with van der Waals surface area (Å²) >= 11 is 1.39. The van der Waals surface area contributed by atoms with Crippen molar-refractivity contribution in [1.29, 1.82) is 0 Å². The Morgan fingerprint density at radius 1 is 1.08 bits per heavy atom. The third-order valence-corrected chi connectivity index (χ3v) is 4.41. The van der Waals surface area contributed by atoms with Crippen molar-refractivity contribution in [3.8, 4) is 5.69 Å². The van der Waals surface area contributed by atoms with Crippen LogP contribution in [0.3, 0.4) is 0 Å². The van der Waals surface area contributed by atoms with Crippen LogP contribution in [0.2, 0.25) is 0 Å². The van der Waals surface area contributed by atoms with E-state index in [-0.39, 0.29) is 5.91 Å². The number of carbonyl (C=O) groups excluding carboxylic acids is 1. The summed E-state index contributed by atoms with van der Waals surface area (Å²) in [5, 5.41) is 3.46. The summed E-state index contributed by atoms with van der Waals surface area (Å²) in [4.78, 5) is 24.9. The van der Waals surface area contributed by atoms with Gasteiger partial charge in [0.2, 0.25) is 0 Å². The van der Waals surface area contributed by atoms with Gasteiger partial charge in [0.05, 0.1) is 12.0 Å². The molecule has 7 heteroatoms. The van der Waals surface area contributed by atoms with E-state index in [9.17, 15) is 4.79 Å². The van der Waals surface area contributed by atoms with Crippen molar-refractivity contribution < 1.29 is 4.79 Å². The third-order valence-electron chi connectivity index (χ3n) is 3.73. The van der Waals surface area contributed by atoms with E-state index in [0.717, 1.165) is 17.1 Å². The number of nitrogens with one attached hydrogen (secondary N) is 1. The van der Waals surface area contributed by atoms with Crippen LogP contribution in [0.25, 0.3) is 5.69 Å². The molecule has 1 N–H and O–H groups in total. The molecule has 0 fully saturated rings. The average Bonchev–Trinajstić information content (AvgIpc) is 2.95. The Hall–Kier alpha value is -2.67. The number of carbonyl (C=O) groups is 1. The molecule has 3 aromatic rings. The van der Waals surface area contributed by atoms with E-state index in [1.54, 1.807) is 12.5 Å². The summed E-state index contributed by atoms with van der Waals surface area (Å²) in [5.74, 6) is -0.269. The SMILES string of the molecule is CSc1nccnc1C(=O)Nc1ccc(-n2cnc(C)c2C)cc1. The summed E-state index contributed by atoms with van der Waals surface area (Å²) in [5.41, 5.74) is 4.12. The summed E-state index contributed by atoms with van der Waals surface area (Å²) in [6.45, 7) is 4.00. The van der Waals surface area contributed by atoms with E-state index < -0.39 is 0 Å². The smallest absolute Gasteiger partial charge is 0.277 e. The Balaban J connectivity index is 1.79. The van der Waals surface area contributed by atoms with Crippen molar-refractivity contribution in [1.82, 2.24) is 19.5 Å². The predicted molar refractivity (Wildman–Crippen MR) is 94.8 cm³/mol. The van der Waals surface area contributed by atoms with Gasteiger partial charge in [-0.25, -0.2) is 15.0 Å². The van der Waals surface area contributed by atoms with Crippen molar-refractivity contribution in [2.24, 2.45) is 0 Å². The van der Waals surface area contributed by atoms with E-state index in [0.29, 0.717) is 16.4 Å². The van der Waals surface area contributed by atoms with Gasteiger partial charge in [-0.2, -0.15) is 0 Å². The minimum absolute atomic E-state index is 0.269. The topological polar surface area (TPSA) is 72.7 Å². The molecule has 0 saturated heterocycles. The van der Waals surface area contributed by atoms with E-state index in [2.05, 4.69) is 20.3 Å². The molecule has 122 valence electrons. The normalized spacial score (nSPS) is 10.6. The maximum absolute atomic E-state index is 12.4. The Kier molecular flexibility index (Phi) is 4.61. The average molecular weight is 339 g/mol. The van der Waals surface area contributed by atoms with Crippen molar-refractivity contribution in [3.63, 3.8) is 0 Å². The maximum Gasteiger partial charge on any atom is 0.277 e. The van der Waals surface area contributed by atoms with Crippen LogP contribution in [0.5, 0.6) is 0 Å². The first-order valence-electron chi connectivity index (χ1n) is 7.37. The molecule has 3 rings (SSSR count). The number of aromatic nitrogens is 4. The van der Waals surface area contributed by atoms with Crippen LogP contribution < -0.4 is 5.32 Å². The highest BCUT2D eigenvalue weighted by Gasteiger charge is 2.13. The zero-order valence-electron chi connectivity index (χ0n) is 13.6. The van der Waals surface area contributed by atoms with Gasteiger partial charge in [-0.05, 0) is 44.4 Å². The first kappa shape index (κ1) is 16.2. The van der Waals surface area contributed by atoms with Crippen molar-refractivity contribution >= 4 is 23.4 Å². The Labute approximate surface area is 144 Å². The fourth-order valence-electron chi connectivity index (χ4n) is 2.29. The molecule has 0 saturated carbocycles. The number of benzene rings is 1. The van der Waals surface area contributed by atoms with Gasteiger partial charge in [0, 0.05) is 29.5 Å². The monoisotopic (exact) mass is 339 g/mol. The van der Waals surface area contributed by atoms with Crippen LogP contribution in [-0.4, -0.2) is 31.7 Å². The number of nitrogens with zero attached hydrogens (tertiary/aromatic N) is 4. The fourth-order valence-corrected chi connectivity index (χ4v) is 2.79. The standard InChI is InChI=1S/C17H17N5OS/c1-11-12(2)22(10-20-11)14-6-4-13(5-7-14)21-16(23)15-17(24-3)19-9-8-18-15/h4-10H,1-3H3,(H,21,23). The second kappa shape index (κ2) is 6.84. The molecule has 0 bridgehead atoms. The zero-order chi connectivity index (χ0) is 17.1. The molecular weight excluding hydrogens is 322 g/mol. The van der Waals surface area contributed by atoms with E-state index in [4.69, 9.17) is 0 Å². The number of aryl methyl sites for hydroxylation is 1. The summed E-state index contributed by atoms with van der Waals surface area (Å²) in [6.07, 6.45) is 6.75. The summed E-state index contributed by atoms with van der Waals surface area (Å²) < 4.78 is 2.01. The number of hydrogen-bond donors (Lipinski definition) is 1. The van der Waals surface area contributed by atoms with Crippen molar-refractivity contribution in [3.05, 3.63) is 60.1 Å². The number of hydrogen-bond acceptors (Lipinski definition) is 5. The largest absolute Gasteiger partial charge is 0.321 e. The van der Waals surface area contributed by atoms with Crippen molar-refractivity contribution in [2.75, 3.05) is 11.6 Å². The number of rotatable bonds is 4. The van der Waals surface area contributed by atoms with Crippen LogP contribution in [-0.2, 0) is 0 Å². The molecule has 0 atom stereocenters. The molecule has 0 radical (unpaired) electrons. The molecular formula is C17H17N5OS. The lowest BCUT2D eigenvalue weighted by Crippen LogP contribution is -2.15. The Morgan fingerprint density at radius 3 is 2.42 bits per heavy atom. The van der Waals surface area contributed by atoms with Crippen LogP contribution >= 0.6 is 11.8 Å². The molecule has 0 aliphatic heterocycles. The number of anilines is 1. The van der Waals surface area contributed by atoms with Crippen LogP contribution in [0.4, 0.5) is 5.69 Å². The van der Waals surface area contributed by atoms with Gasteiger partial charge in [0.15, 0.2) is 5.69 Å². The van der Waals surface area contributed by atoms with Crippen LogP contribution in [0, 0.1) is 13.8 Å². The predicted octanol–water partition coefficient (Wildman–Crippen LogP) is 3.25. The second-order valence-corrected chi connectivity index (χ2v) is 6.00. The summed E-state index contributed by atoms with van der Waals surface area (Å²) in [7, 11) is 0. The molecule has 24 heavy (non-hydrogen) atoms. The minimum Gasteiger partial charge on any atom is -0.321 e. The molecule has 0 spiro atoms. The van der Waals surface area contributed by atoms with Gasteiger partial charge in [-0.3, -0.25) is 4.79 Å². The lowest BCUT2D eigenvalue weighted by Gasteiger charge is -2.09. The highest BCUT2D eigenvalue weighted by atomic mass is 32.2. The lowest BCUT2D eigenvalue weighted by molar-refractivity contribution is 0.101. The van der Waals surface area contributed by atoms with E-state index >= 15 is 0 Å². The van der Waals surface area contributed by atoms with Crippen molar-refractivity contribution in [2.45, 2.75) is 18.9 Å². The number of amides is 1. The molecule has 0 aliphatic rings. The molecule has 0 aliphatic carbocycles. The lowest BCUT2D eigenvalue weighted by atomic mass is 10.2. The Bertz CT molecular complexity index is 873. The first-order valence-corrected chi connectivity index (χ1v) is 8.60. The molecule has 2 heterocycles. The van der Waals surface area contributed by atoms with Crippen LogP contribution in [0.15, 0.2) is 48.0 Å². The molecule has 2 aromatic heterocycles. The van der Waals surface area contributed by atoms with Gasteiger partial charge in [-0.1, -0.05) is 0 Å². The van der Waals surface area contributed by atoms with Gasteiger partial charge in [0.1, 0.15) is 5.03 Å². The fraction of sp³-hybridized carbons (Fsp3) is 0.176. The zero-order valence-corrected chi connectivity index (χ0v) is 14.5. The van der Waals surface area contributed by atoms with Crippen LogP contribution in [0.1, 0.15) is 21.9 Å².